The SMILES string of the molecule is Cc1ccc([C@H](C)NC(=O)CN(c2cccc([N+](=O)[O-])c2)S(=O)(=O)c2ccccc2)cc1. The van der Waals surface area contributed by atoms with Crippen LogP contribution in [-0.2, 0) is 14.8 Å². The van der Waals surface area contributed by atoms with Gasteiger partial charge < -0.3 is 5.32 Å². The van der Waals surface area contributed by atoms with Gasteiger partial charge in [-0.25, -0.2) is 8.42 Å². The number of sulfonamides is 1. The molecule has 32 heavy (non-hydrogen) atoms. The molecule has 0 aliphatic heterocycles. The molecule has 0 fully saturated rings. The van der Waals surface area contributed by atoms with E-state index in [-0.39, 0.29) is 22.3 Å². The van der Waals surface area contributed by atoms with Crippen LogP contribution in [0, 0.1) is 17.0 Å². The van der Waals surface area contributed by atoms with E-state index in [2.05, 4.69) is 5.32 Å². The minimum Gasteiger partial charge on any atom is -0.348 e. The van der Waals surface area contributed by atoms with E-state index in [0.717, 1.165) is 21.5 Å². The number of non-ortho nitro benzene ring substituents is 1. The lowest BCUT2D eigenvalue weighted by atomic mass is 10.1. The average Bonchev–Trinajstić information content (AvgIpc) is 2.78. The molecule has 0 aliphatic rings. The van der Waals surface area contributed by atoms with Crippen molar-refractivity contribution in [2.45, 2.75) is 24.8 Å². The summed E-state index contributed by atoms with van der Waals surface area (Å²) in [6.45, 7) is 3.22. The average molecular weight is 454 g/mol. The molecule has 3 aromatic carbocycles. The first-order chi connectivity index (χ1) is 15.2. The number of carbonyl (C=O) groups is 1. The van der Waals surface area contributed by atoms with Crippen LogP contribution < -0.4 is 9.62 Å². The van der Waals surface area contributed by atoms with Crippen molar-refractivity contribution in [3.05, 3.63) is 100 Å². The van der Waals surface area contributed by atoms with E-state index >= 15 is 0 Å². The standard InChI is InChI=1S/C23H23N3O5S/c1-17-11-13-19(14-12-17)18(2)24-23(27)16-25(20-7-6-8-21(15-20)26(28)29)32(30,31)22-9-4-3-5-10-22/h3-15,18H,16H2,1-2H3,(H,24,27)/t18-/m0/s1. The van der Waals surface area contributed by atoms with Crippen molar-refractivity contribution >= 4 is 27.3 Å². The van der Waals surface area contributed by atoms with Gasteiger partial charge in [0.05, 0.1) is 21.5 Å². The summed E-state index contributed by atoms with van der Waals surface area (Å²) >= 11 is 0. The summed E-state index contributed by atoms with van der Waals surface area (Å²) < 4.78 is 27.5. The highest BCUT2D eigenvalue weighted by Crippen LogP contribution is 2.27. The fourth-order valence-corrected chi connectivity index (χ4v) is 4.59. The third-order valence-electron chi connectivity index (χ3n) is 4.90. The summed E-state index contributed by atoms with van der Waals surface area (Å²) in [6, 6.07) is 20.1. The molecule has 0 bridgehead atoms. The second-order valence-corrected chi connectivity index (χ2v) is 9.16. The van der Waals surface area contributed by atoms with Crippen LogP contribution in [0.2, 0.25) is 0 Å². The number of nitrogens with zero attached hydrogens (tertiary/aromatic N) is 2. The van der Waals surface area contributed by atoms with Crippen molar-refractivity contribution in [3.63, 3.8) is 0 Å². The summed E-state index contributed by atoms with van der Waals surface area (Å²) in [4.78, 5) is 23.4. The monoisotopic (exact) mass is 453 g/mol. The minimum absolute atomic E-state index is 0.0223. The van der Waals surface area contributed by atoms with Crippen LogP contribution in [0.1, 0.15) is 24.1 Å². The molecule has 8 nitrogen and oxygen atoms in total. The molecule has 3 aromatic rings. The fraction of sp³-hybridized carbons (Fsp3) is 0.174. The van der Waals surface area contributed by atoms with Crippen molar-refractivity contribution in [1.82, 2.24) is 5.32 Å². The molecule has 1 amide bonds. The maximum absolute atomic E-state index is 13.3. The Balaban J connectivity index is 1.92. The molecular weight excluding hydrogens is 430 g/mol. The molecule has 3 rings (SSSR count). The van der Waals surface area contributed by atoms with E-state index in [1.54, 1.807) is 25.1 Å². The predicted octanol–water partition coefficient (Wildman–Crippen LogP) is 3.98. The fourth-order valence-electron chi connectivity index (χ4n) is 3.15. The quantitative estimate of drug-likeness (QED) is 0.410. The topological polar surface area (TPSA) is 110 Å². The van der Waals surface area contributed by atoms with Gasteiger partial charge in [-0.1, -0.05) is 54.1 Å². The predicted molar refractivity (Wildman–Crippen MR) is 122 cm³/mol. The van der Waals surface area contributed by atoms with Crippen molar-refractivity contribution in [3.8, 4) is 0 Å². The number of nitro groups is 1. The largest absolute Gasteiger partial charge is 0.348 e. The van der Waals surface area contributed by atoms with Crippen LogP contribution in [0.5, 0.6) is 0 Å². The normalized spacial score (nSPS) is 12.1. The number of benzene rings is 3. The molecule has 9 heteroatoms. The molecule has 1 N–H and O–H groups in total. The van der Waals surface area contributed by atoms with Crippen LogP contribution in [-0.4, -0.2) is 25.8 Å². The van der Waals surface area contributed by atoms with Crippen LogP contribution in [0.25, 0.3) is 0 Å². The summed E-state index contributed by atoms with van der Waals surface area (Å²) in [5.74, 6) is -0.538. The number of nitrogens with one attached hydrogen (secondary N) is 1. The zero-order valence-electron chi connectivity index (χ0n) is 17.6. The molecule has 166 valence electrons. The van der Waals surface area contributed by atoms with E-state index in [4.69, 9.17) is 0 Å². The molecular formula is C23H23N3O5S. The van der Waals surface area contributed by atoms with Crippen molar-refractivity contribution < 1.29 is 18.1 Å². The first-order valence-electron chi connectivity index (χ1n) is 9.86. The van der Waals surface area contributed by atoms with Gasteiger partial charge in [-0.2, -0.15) is 0 Å². The minimum atomic E-state index is -4.15. The van der Waals surface area contributed by atoms with Gasteiger partial charge in [0.2, 0.25) is 5.91 Å². The number of amides is 1. The van der Waals surface area contributed by atoms with Crippen LogP contribution >= 0.6 is 0 Å². The lowest BCUT2D eigenvalue weighted by Crippen LogP contribution is -2.41. The number of hydrogen-bond donors (Lipinski definition) is 1. The maximum atomic E-state index is 13.3. The Bertz CT molecular complexity index is 1210. The Morgan fingerprint density at radius 1 is 1.03 bits per heavy atom. The van der Waals surface area contributed by atoms with E-state index in [1.165, 1.54) is 30.3 Å². The molecule has 0 saturated heterocycles. The molecule has 0 saturated carbocycles. The van der Waals surface area contributed by atoms with E-state index in [1.807, 2.05) is 31.2 Å². The molecule has 1 atom stereocenters. The van der Waals surface area contributed by atoms with Gasteiger partial charge in [-0.3, -0.25) is 19.2 Å². The first kappa shape index (κ1) is 23.0. The summed E-state index contributed by atoms with van der Waals surface area (Å²) in [6.07, 6.45) is 0. The van der Waals surface area contributed by atoms with Crippen LogP contribution in [0.3, 0.4) is 0 Å². The van der Waals surface area contributed by atoms with Gasteiger partial charge in [0, 0.05) is 12.1 Å². The molecule has 0 spiro atoms. The van der Waals surface area contributed by atoms with Gasteiger partial charge in [-0.05, 0) is 37.6 Å². The smallest absolute Gasteiger partial charge is 0.271 e. The molecule has 0 aromatic heterocycles. The maximum Gasteiger partial charge on any atom is 0.271 e. The summed E-state index contributed by atoms with van der Waals surface area (Å²) in [7, 11) is -4.15. The van der Waals surface area contributed by atoms with Crippen LogP contribution in [0.15, 0.2) is 83.8 Å². The Hall–Kier alpha value is -3.72. The molecule has 0 unspecified atom stereocenters. The van der Waals surface area contributed by atoms with Gasteiger partial charge in [-0.15, -0.1) is 0 Å². The molecule has 0 aliphatic carbocycles. The number of aryl methyl sites for hydroxylation is 1. The molecule has 0 radical (unpaired) electrons. The lowest BCUT2D eigenvalue weighted by molar-refractivity contribution is -0.384. The third kappa shape index (κ3) is 5.30. The zero-order chi connectivity index (χ0) is 23.3. The highest BCUT2D eigenvalue weighted by Gasteiger charge is 2.28. The Morgan fingerprint density at radius 3 is 2.31 bits per heavy atom. The van der Waals surface area contributed by atoms with Gasteiger partial charge >= 0.3 is 0 Å². The van der Waals surface area contributed by atoms with Crippen LogP contribution in [0.4, 0.5) is 11.4 Å². The number of anilines is 1. The van der Waals surface area contributed by atoms with Gasteiger partial charge in [0.15, 0.2) is 0 Å². The summed E-state index contributed by atoms with van der Waals surface area (Å²) in [5.41, 5.74) is 1.71. The second-order valence-electron chi connectivity index (χ2n) is 7.30. The number of nitro benzene ring substituents is 1. The number of rotatable bonds is 8. The highest BCUT2D eigenvalue weighted by molar-refractivity contribution is 7.92. The van der Waals surface area contributed by atoms with Crippen molar-refractivity contribution in [1.29, 1.82) is 0 Å². The first-order valence-corrected chi connectivity index (χ1v) is 11.3. The van der Waals surface area contributed by atoms with E-state index < -0.39 is 27.4 Å². The molecule has 0 heterocycles. The Labute approximate surface area is 186 Å². The zero-order valence-corrected chi connectivity index (χ0v) is 18.5. The van der Waals surface area contributed by atoms with E-state index in [9.17, 15) is 23.3 Å². The third-order valence-corrected chi connectivity index (χ3v) is 6.69. The van der Waals surface area contributed by atoms with Gasteiger partial charge in [0.25, 0.3) is 15.7 Å². The number of carbonyl (C=O) groups excluding carboxylic acids is 1. The van der Waals surface area contributed by atoms with Gasteiger partial charge in [0.1, 0.15) is 6.54 Å². The highest BCUT2D eigenvalue weighted by atomic mass is 32.2. The van der Waals surface area contributed by atoms with Crippen molar-refractivity contribution in [2.24, 2.45) is 0 Å². The Morgan fingerprint density at radius 2 is 1.69 bits per heavy atom. The number of hydrogen-bond acceptors (Lipinski definition) is 5. The van der Waals surface area contributed by atoms with E-state index in [0.29, 0.717) is 0 Å². The second kappa shape index (κ2) is 9.61. The van der Waals surface area contributed by atoms with Crippen molar-refractivity contribution in [2.75, 3.05) is 10.8 Å². The summed E-state index contributed by atoms with van der Waals surface area (Å²) in [5, 5.41) is 14.0. The lowest BCUT2D eigenvalue weighted by Gasteiger charge is -2.25. The Kier molecular flexibility index (Phi) is 6.89.